The smallest absolute Gasteiger partial charge is 0.134 e. The predicted octanol–water partition coefficient (Wildman–Crippen LogP) is 2.79. The summed E-state index contributed by atoms with van der Waals surface area (Å²) in [6, 6.07) is 7.91. The van der Waals surface area contributed by atoms with Crippen LogP contribution in [0.25, 0.3) is 21.7 Å². The molecule has 2 heterocycles. The van der Waals surface area contributed by atoms with Crippen LogP contribution in [0.4, 0.5) is 0 Å². The van der Waals surface area contributed by atoms with Crippen LogP contribution in [0.2, 0.25) is 0 Å². The standard InChI is InChI=1S/C11H6N2O/c12-5-10-9-3-7-1-2-14-11(7)4-8(9)6-13-10/h1-4,6,13H. The van der Waals surface area contributed by atoms with Crippen LogP contribution in [-0.4, -0.2) is 4.98 Å². The van der Waals surface area contributed by atoms with Crippen molar-refractivity contribution in [3.05, 3.63) is 36.4 Å². The van der Waals surface area contributed by atoms with Crippen LogP contribution in [0, 0.1) is 11.3 Å². The average molecular weight is 182 g/mol. The van der Waals surface area contributed by atoms with E-state index in [4.69, 9.17) is 9.68 Å². The van der Waals surface area contributed by atoms with Crippen LogP contribution in [0.3, 0.4) is 0 Å². The lowest BCUT2D eigenvalue weighted by Gasteiger charge is -1.90. The summed E-state index contributed by atoms with van der Waals surface area (Å²) in [6.45, 7) is 0. The summed E-state index contributed by atoms with van der Waals surface area (Å²) in [5.41, 5.74) is 1.45. The molecule has 0 unspecified atom stereocenters. The number of nitriles is 1. The van der Waals surface area contributed by atoms with E-state index in [1.165, 1.54) is 0 Å². The molecule has 2 aromatic heterocycles. The van der Waals surface area contributed by atoms with Gasteiger partial charge < -0.3 is 9.40 Å². The fraction of sp³-hybridized carbons (Fsp3) is 0. The van der Waals surface area contributed by atoms with Crippen molar-refractivity contribution in [2.75, 3.05) is 0 Å². The Morgan fingerprint density at radius 1 is 1.29 bits per heavy atom. The number of fused-ring (bicyclic) bond motifs is 2. The van der Waals surface area contributed by atoms with Gasteiger partial charge in [0.15, 0.2) is 0 Å². The molecule has 3 nitrogen and oxygen atoms in total. The van der Waals surface area contributed by atoms with E-state index < -0.39 is 0 Å². The predicted molar refractivity (Wildman–Crippen MR) is 52.8 cm³/mol. The molecule has 14 heavy (non-hydrogen) atoms. The Kier molecular flexibility index (Phi) is 1.23. The highest BCUT2D eigenvalue weighted by atomic mass is 16.3. The van der Waals surface area contributed by atoms with Gasteiger partial charge in [-0.2, -0.15) is 5.26 Å². The molecule has 0 bridgehead atoms. The first-order chi connectivity index (χ1) is 6.88. The number of rotatable bonds is 0. The number of aromatic amines is 1. The topological polar surface area (TPSA) is 52.7 Å². The van der Waals surface area contributed by atoms with Crippen molar-refractivity contribution in [3.8, 4) is 6.07 Å². The van der Waals surface area contributed by atoms with Gasteiger partial charge in [0.1, 0.15) is 17.3 Å². The zero-order valence-electron chi connectivity index (χ0n) is 7.24. The molecule has 3 aromatic rings. The van der Waals surface area contributed by atoms with E-state index in [-0.39, 0.29) is 0 Å². The number of hydrogen-bond acceptors (Lipinski definition) is 2. The minimum Gasteiger partial charge on any atom is -0.464 e. The van der Waals surface area contributed by atoms with Gasteiger partial charge in [-0.15, -0.1) is 0 Å². The maximum atomic E-state index is 8.84. The molecule has 0 saturated carbocycles. The number of nitrogens with one attached hydrogen (secondary N) is 1. The highest BCUT2D eigenvalue weighted by molar-refractivity contribution is 5.98. The van der Waals surface area contributed by atoms with Gasteiger partial charge in [0.25, 0.3) is 0 Å². The van der Waals surface area contributed by atoms with Crippen molar-refractivity contribution in [1.82, 2.24) is 4.98 Å². The molecule has 3 rings (SSSR count). The van der Waals surface area contributed by atoms with Crippen molar-refractivity contribution in [3.63, 3.8) is 0 Å². The molecule has 0 atom stereocenters. The third-order valence-electron chi connectivity index (χ3n) is 2.38. The Balaban J connectivity index is 2.54. The summed E-state index contributed by atoms with van der Waals surface area (Å²) >= 11 is 0. The van der Waals surface area contributed by atoms with Crippen LogP contribution in [0.5, 0.6) is 0 Å². The fourth-order valence-corrected chi connectivity index (χ4v) is 1.68. The molecule has 0 radical (unpaired) electrons. The van der Waals surface area contributed by atoms with Gasteiger partial charge in [-0.25, -0.2) is 0 Å². The van der Waals surface area contributed by atoms with Gasteiger partial charge in [-0.3, -0.25) is 0 Å². The Labute approximate surface area is 79.6 Å². The lowest BCUT2D eigenvalue weighted by atomic mass is 10.1. The maximum Gasteiger partial charge on any atom is 0.134 e. The Hall–Kier alpha value is -2.21. The van der Waals surface area contributed by atoms with Gasteiger partial charge in [0.2, 0.25) is 0 Å². The van der Waals surface area contributed by atoms with Crippen molar-refractivity contribution in [1.29, 1.82) is 5.26 Å². The summed E-state index contributed by atoms with van der Waals surface area (Å²) < 4.78 is 5.27. The average Bonchev–Trinajstić information content (AvgIpc) is 2.78. The summed E-state index contributed by atoms with van der Waals surface area (Å²) in [5.74, 6) is 0. The van der Waals surface area contributed by atoms with Crippen LogP contribution in [0.15, 0.2) is 35.1 Å². The van der Waals surface area contributed by atoms with Crippen molar-refractivity contribution in [2.24, 2.45) is 0 Å². The molecule has 0 fully saturated rings. The second-order valence-electron chi connectivity index (χ2n) is 3.17. The highest BCUT2D eigenvalue weighted by Crippen LogP contribution is 2.25. The van der Waals surface area contributed by atoms with E-state index in [9.17, 15) is 0 Å². The first-order valence-corrected chi connectivity index (χ1v) is 4.27. The van der Waals surface area contributed by atoms with E-state index in [1.807, 2.05) is 24.4 Å². The minimum atomic E-state index is 0.600. The van der Waals surface area contributed by atoms with Gasteiger partial charge in [-0.1, -0.05) is 0 Å². The first kappa shape index (κ1) is 7.22. The number of hydrogen-bond donors (Lipinski definition) is 1. The van der Waals surface area contributed by atoms with Crippen LogP contribution < -0.4 is 0 Å². The van der Waals surface area contributed by atoms with Crippen molar-refractivity contribution in [2.45, 2.75) is 0 Å². The van der Waals surface area contributed by atoms with Crippen LogP contribution in [-0.2, 0) is 0 Å². The Morgan fingerprint density at radius 2 is 2.21 bits per heavy atom. The minimum absolute atomic E-state index is 0.600. The molecule has 0 aliphatic heterocycles. The van der Waals surface area contributed by atoms with E-state index in [1.54, 1.807) is 6.26 Å². The number of aromatic nitrogens is 1. The molecule has 0 spiro atoms. The first-order valence-electron chi connectivity index (χ1n) is 4.27. The molecule has 0 aliphatic rings. The maximum absolute atomic E-state index is 8.84. The fourth-order valence-electron chi connectivity index (χ4n) is 1.68. The summed E-state index contributed by atoms with van der Waals surface area (Å²) in [5, 5.41) is 11.8. The SMILES string of the molecule is N#Cc1[nH]cc2cc3occc3cc12. The molecule has 3 heteroatoms. The normalized spacial score (nSPS) is 10.8. The largest absolute Gasteiger partial charge is 0.464 e. The number of nitrogens with zero attached hydrogens (tertiary/aromatic N) is 1. The lowest BCUT2D eigenvalue weighted by Crippen LogP contribution is -1.71. The zero-order valence-corrected chi connectivity index (χ0v) is 7.24. The molecule has 0 saturated heterocycles. The second kappa shape index (κ2) is 2.39. The van der Waals surface area contributed by atoms with Crippen LogP contribution >= 0.6 is 0 Å². The van der Waals surface area contributed by atoms with Gasteiger partial charge in [0.05, 0.1) is 6.26 Å². The summed E-state index contributed by atoms with van der Waals surface area (Å²) in [7, 11) is 0. The van der Waals surface area contributed by atoms with E-state index in [0.717, 1.165) is 21.7 Å². The highest BCUT2D eigenvalue weighted by Gasteiger charge is 2.05. The zero-order chi connectivity index (χ0) is 9.54. The van der Waals surface area contributed by atoms with E-state index in [0.29, 0.717) is 5.69 Å². The molecule has 0 amide bonds. The molecule has 1 N–H and O–H groups in total. The third kappa shape index (κ3) is 0.798. The van der Waals surface area contributed by atoms with E-state index >= 15 is 0 Å². The second-order valence-corrected chi connectivity index (χ2v) is 3.17. The Bertz CT molecular complexity index is 655. The van der Waals surface area contributed by atoms with Crippen LogP contribution in [0.1, 0.15) is 5.69 Å². The molecule has 66 valence electrons. The number of H-pyrrole nitrogens is 1. The van der Waals surface area contributed by atoms with Crippen molar-refractivity contribution < 1.29 is 4.42 Å². The lowest BCUT2D eigenvalue weighted by molar-refractivity contribution is 0.616. The molecular formula is C11H6N2O. The molecule has 0 aliphatic carbocycles. The number of benzene rings is 1. The molecular weight excluding hydrogens is 176 g/mol. The Morgan fingerprint density at radius 3 is 3.07 bits per heavy atom. The van der Waals surface area contributed by atoms with Gasteiger partial charge in [-0.05, 0) is 18.2 Å². The third-order valence-corrected chi connectivity index (χ3v) is 2.38. The molecule has 1 aromatic carbocycles. The summed E-state index contributed by atoms with van der Waals surface area (Å²) in [4.78, 5) is 2.93. The monoisotopic (exact) mass is 182 g/mol. The van der Waals surface area contributed by atoms with Crippen molar-refractivity contribution >= 4 is 21.7 Å². The van der Waals surface area contributed by atoms with E-state index in [2.05, 4.69) is 11.1 Å². The summed E-state index contributed by atoms with van der Waals surface area (Å²) in [6.07, 6.45) is 3.47. The van der Waals surface area contributed by atoms with Gasteiger partial charge in [0, 0.05) is 22.4 Å². The number of furan rings is 1. The quantitative estimate of drug-likeness (QED) is 0.581. The van der Waals surface area contributed by atoms with Gasteiger partial charge >= 0.3 is 0 Å².